The van der Waals surface area contributed by atoms with Crippen molar-refractivity contribution in [3.05, 3.63) is 35.9 Å². The van der Waals surface area contributed by atoms with E-state index in [1.165, 1.54) is 0 Å². The largest absolute Gasteiger partial charge is 0.606 e. The van der Waals surface area contributed by atoms with Gasteiger partial charge in [-0.25, -0.2) is 0 Å². The molecule has 0 aliphatic carbocycles. The molecule has 0 radical (unpaired) electrons. The summed E-state index contributed by atoms with van der Waals surface area (Å²) in [6, 6.07) is 9.76. The summed E-state index contributed by atoms with van der Waals surface area (Å²) in [4.78, 5) is 12.2. The SMILES string of the molecule is CCO[P+]1([O-])OCC(C)(C)[C@H](c2ccccc2)O1. The van der Waals surface area contributed by atoms with Gasteiger partial charge in [0, 0.05) is 5.41 Å². The lowest BCUT2D eigenvalue weighted by Crippen LogP contribution is -2.38. The number of benzene rings is 1. The van der Waals surface area contributed by atoms with Crippen LogP contribution in [0.4, 0.5) is 0 Å². The lowest BCUT2D eigenvalue weighted by atomic mass is 9.83. The Morgan fingerprint density at radius 3 is 2.67 bits per heavy atom. The van der Waals surface area contributed by atoms with Crippen molar-refractivity contribution in [2.45, 2.75) is 26.9 Å². The molecule has 2 atom stereocenters. The summed E-state index contributed by atoms with van der Waals surface area (Å²) in [6.45, 7) is 6.48. The van der Waals surface area contributed by atoms with E-state index in [2.05, 4.69) is 0 Å². The van der Waals surface area contributed by atoms with Gasteiger partial charge < -0.3 is 4.89 Å². The molecule has 1 aliphatic heterocycles. The predicted octanol–water partition coefficient (Wildman–Crippen LogP) is 2.88. The van der Waals surface area contributed by atoms with Crippen molar-refractivity contribution >= 4 is 8.17 Å². The van der Waals surface area contributed by atoms with E-state index in [-0.39, 0.29) is 11.5 Å². The van der Waals surface area contributed by atoms with Crippen LogP contribution in [0.15, 0.2) is 30.3 Å². The van der Waals surface area contributed by atoms with Crippen molar-refractivity contribution in [2.24, 2.45) is 5.41 Å². The quantitative estimate of drug-likeness (QED) is 0.792. The topological polar surface area (TPSA) is 50.8 Å². The summed E-state index contributed by atoms with van der Waals surface area (Å²) in [5, 5.41) is 0. The van der Waals surface area contributed by atoms with Gasteiger partial charge in [-0.05, 0) is 12.5 Å². The smallest absolute Gasteiger partial charge is 0.380 e. The van der Waals surface area contributed by atoms with Crippen LogP contribution in [0.2, 0.25) is 0 Å². The van der Waals surface area contributed by atoms with Crippen LogP contribution in [0.3, 0.4) is 0 Å². The van der Waals surface area contributed by atoms with E-state index in [9.17, 15) is 4.89 Å². The van der Waals surface area contributed by atoms with Crippen molar-refractivity contribution in [1.82, 2.24) is 0 Å². The third-order valence-corrected chi connectivity index (χ3v) is 4.42. The lowest BCUT2D eigenvalue weighted by molar-refractivity contribution is -0.273. The highest BCUT2D eigenvalue weighted by Crippen LogP contribution is 2.64. The fraction of sp³-hybridized carbons (Fsp3) is 0.538. The number of phosphoric acid groups is 1. The van der Waals surface area contributed by atoms with Crippen molar-refractivity contribution in [3.63, 3.8) is 0 Å². The molecule has 5 heteroatoms. The highest BCUT2D eigenvalue weighted by atomic mass is 31.2. The molecule has 0 spiro atoms. The van der Waals surface area contributed by atoms with Gasteiger partial charge >= 0.3 is 8.17 Å². The lowest BCUT2D eigenvalue weighted by Gasteiger charge is -2.41. The summed E-state index contributed by atoms with van der Waals surface area (Å²) in [5.74, 6) is 0. The van der Waals surface area contributed by atoms with Crippen molar-refractivity contribution in [3.8, 4) is 0 Å². The van der Waals surface area contributed by atoms with E-state index in [0.717, 1.165) is 5.56 Å². The fourth-order valence-electron chi connectivity index (χ4n) is 1.99. The molecule has 1 unspecified atom stereocenters. The van der Waals surface area contributed by atoms with Crippen LogP contribution in [-0.4, -0.2) is 13.2 Å². The number of rotatable bonds is 3. The molecule has 4 nitrogen and oxygen atoms in total. The van der Waals surface area contributed by atoms with Crippen LogP contribution in [0.25, 0.3) is 0 Å². The van der Waals surface area contributed by atoms with E-state index in [0.29, 0.717) is 13.2 Å². The second kappa shape index (κ2) is 5.24. The Hall–Kier alpha value is -0.510. The molecule has 100 valence electrons. The molecule has 0 N–H and O–H groups in total. The third-order valence-electron chi connectivity index (χ3n) is 2.93. The van der Waals surface area contributed by atoms with E-state index in [4.69, 9.17) is 13.6 Å². The zero-order chi connectivity index (χ0) is 13.2. The highest BCUT2D eigenvalue weighted by Gasteiger charge is 2.50. The van der Waals surface area contributed by atoms with Gasteiger partial charge in [-0.15, -0.1) is 0 Å². The molecule has 0 aromatic heterocycles. The van der Waals surface area contributed by atoms with E-state index in [1.54, 1.807) is 6.92 Å². The Labute approximate surface area is 109 Å². The van der Waals surface area contributed by atoms with E-state index in [1.807, 2.05) is 44.2 Å². The van der Waals surface area contributed by atoms with Crippen molar-refractivity contribution in [1.29, 1.82) is 0 Å². The van der Waals surface area contributed by atoms with Crippen LogP contribution in [0, 0.1) is 5.41 Å². The van der Waals surface area contributed by atoms with E-state index < -0.39 is 8.17 Å². The second-order valence-electron chi connectivity index (χ2n) is 5.02. The maximum absolute atomic E-state index is 12.2. The van der Waals surface area contributed by atoms with Gasteiger partial charge in [0.2, 0.25) is 0 Å². The van der Waals surface area contributed by atoms with Gasteiger partial charge in [-0.3, -0.25) is 0 Å². The highest BCUT2D eigenvalue weighted by molar-refractivity contribution is 7.54. The number of phosphoric ester groups is 1. The van der Waals surface area contributed by atoms with Gasteiger partial charge in [-0.1, -0.05) is 44.2 Å². The average molecular weight is 270 g/mol. The van der Waals surface area contributed by atoms with Crippen molar-refractivity contribution in [2.75, 3.05) is 13.2 Å². The van der Waals surface area contributed by atoms with Crippen LogP contribution in [-0.2, 0) is 13.6 Å². The Bertz CT molecular complexity index is 395. The number of hydrogen-bond donors (Lipinski definition) is 0. The summed E-state index contributed by atoms with van der Waals surface area (Å²) >= 11 is 0. The minimum absolute atomic E-state index is 0.244. The van der Waals surface area contributed by atoms with Gasteiger partial charge in [0.25, 0.3) is 0 Å². The van der Waals surface area contributed by atoms with Crippen LogP contribution in [0.5, 0.6) is 0 Å². The fourth-order valence-corrected chi connectivity index (χ4v) is 3.66. The molecule has 1 heterocycles. The zero-order valence-electron chi connectivity index (χ0n) is 11.0. The minimum Gasteiger partial charge on any atom is -0.606 e. The molecule has 1 fully saturated rings. The van der Waals surface area contributed by atoms with Crippen LogP contribution in [0.1, 0.15) is 32.4 Å². The zero-order valence-corrected chi connectivity index (χ0v) is 11.9. The standard InChI is InChI=1S/C13H19O4P/c1-4-15-18(14)16-10-13(2,3)12(17-18)11-8-6-5-7-9-11/h5-9,12H,4,10H2,1-3H3/t12-,18?/m0/s1. The van der Waals surface area contributed by atoms with E-state index >= 15 is 0 Å². The Balaban J connectivity index is 2.25. The Kier molecular flexibility index (Phi) is 4.05. The first-order valence-electron chi connectivity index (χ1n) is 6.09. The Morgan fingerprint density at radius 1 is 1.39 bits per heavy atom. The minimum atomic E-state index is -3.41. The molecule has 0 bridgehead atoms. The molecule has 1 aromatic rings. The first-order valence-corrected chi connectivity index (χ1v) is 7.55. The van der Waals surface area contributed by atoms with Crippen LogP contribution >= 0.6 is 8.17 Å². The van der Waals surface area contributed by atoms with Gasteiger partial charge in [0.1, 0.15) is 12.7 Å². The Morgan fingerprint density at radius 2 is 2.06 bits per heavy atom. The van der Waals surface area contributed by atoms with Crippen LogP contribution < -0.4 is 4.89 Å². The molecule has 1 aromatic carbocycles. The maximum atomic E-state index is 12.2. The summed E-state index contributed by atoms with van der Waals surface area (Å²) in [5.41, 5.74) is 0.748. The third kappa shape index (κ3) is 2.90. The van der Waals surface area contributed by atoms with Crippen molar-refractivity contribution < 1.29 is 18.5 Å². The average Bonchev–Trinajstić information content (AvgIpc) is 2.34. The monoisotopic (exact) mass is 270 g/mol. The second-order valence-corrected chi connectivity index (χ2v) is 6.64. The van der Waals surface area contributed by atoms with Gasteiger partial charge in [-0.2, -0.15) is 13.6 Å². The van der Waals surface area contributed by atoms with Gasteiger partial charge in [0.05, 0.1) is 6.61 Å². The number of hydrogen-bond acceptors (Lipinski definition) is 4. The molecular weight excluding hydrogens is 251 g/mol. The first-order chi connectivity index (χ1) is 8.47. The molecular formula is C13H19O4P. The first kappa shape index (κ1) is 13.9. The molecule has 1 saturated heterocycles. The predicted molar refractivity (Wildman–Crippen MR) is 68.5 cm³/mol. The molecule has 0 amide bonds. The molecule has 0 saturated carbocycles. The molecule has 2 rings (SSSR count). The normalized spacial score (nSPS) is 31.2. The summed E-state index contributed by atoms with van der Waals surface area (Å²) < 4.78 is 16.0. The summed E-state index contributed by atoms with van der Waals surface area (Å²) in [6.07, 6.45) is -0.287. The van der Waals surface area contributed by atoms with Gasteiger partial charge in [0.15, 0.2) is 0 Å². The summed E-state index contributed by atoms with van der Waals surface area (Å²) in [7, 11) is -3.41. The molecule has 1 aliphatic rings. The molecule has 18 heavy (non-hydrogen) atoms. The maximum Gasteiger partial charge on any atom is 0.380 e.